The maximum Gasteiger partial charge on any atom is 0.294 e. The Labute approximate surface area is 216 Å². The number of imide groups is 1. The molecule has 0 radical (unpaired) electrons. The predicted molar refractivity (Wildman–Crippen MR) is 142 cm³/mol. The van der Waals surface area contributed by atoms with E-state index >= 15 is 0 Å². The van der Waals surface area contributed by atoms with Crippen LogP contribution in [-0.4, -0.2) is 28.5 Å². The van der Waals surface area contributed by atoms with Gasteiger partial charge < -0.3 is 10.1 Å². The van der Waals surface area contributed by atoms with Crippen LogP contribution >= 0.6 is 27.7 Å². The third-order valence-electron chi connectivity index (χ3n) is 5.34. The summed E-state index contributed by atoms with van der Waals surface area (Å²) < 4.78 is 6.79. The summed E-state index contributed by atoms with van der Waals surface area (Å²) in [4.78, 5) is 39.3. The molecule has 6 nitrogen and oxygen atoms in total. The van der Waals surface area contributed by atoms with Crippen molar-refractivity contribution >= 4 is 56.5 Å². The summed E-state index contributed by atoms with van der Waals surface area (Å²) in [6.07, 6.45) is 1.62. The summed E-state index contributed by atoms with van der Waals surface area (Å²) in [7, 11) is 0. The molecule has 1 N–H and O–H groups in total. The van der Waals surface area contributed by atoms with Crippen molar-refractivity contribution in [1.82, 2.24) is 4.90 Å². The van der Waals surface area contributed by atoms with E-state index in [-0.39, 0.29) is 11.4 Å². The first-order valence-corrected chi connectivity index (χ1v) is 12.5. The number of aryl methyl sites for hydroxylation is 2. The first-order chi connectivity index (χ1) is 16.8. The van der Waals surface area contributed by atoms with Gasteiger partial charge in [0, 0.05) is 15.7 Å². The highest BCUT2D eigenvalue weighted by atomic mass is 79.9. The quantitative estimate of drug-likeness (QED) is 0.348. The number of hydrogen-bond acceptors (Lipinski definition) is 5. The van der Waals surface area contributed by atoms with Crippen LogP contribution in [0, 0.1) is 13.8 Å². The molecule has 3 aromatic rings. The Bertz CT molecular complexity index is 1320. The largest absolute Gasteiger partial charge is 0.488 e. The van der Waals surface area contributed by atoms with Gasteiger partial charge in [-0.2, -0.15) is 0 Å². The minimum absolute atomic E-state index is 0.234. The molecule has 8 heteroatoms. The minimum Gasteiger partial charge on any atom is -0.488 e. The number of ether oxygens (including phenoxy) is 1. The van der Waals surface area contributed by atoms with E-state index in [9.17, 15) is 14.4 Å². The second-order valence-corrected chi connectivity index (χ2v) is 10.00. The van der Waals surface area contributed by atoms with E-state index in [4.69, 9.17) is 4.74 Å². The molecule has 1 saturated heterocycles. The average Bonchev–Trinajstić information content (AvgIpc) is 3.09. The number of benzene rings is 3. The van der Waals surface area contributed by atoms with Crippen molar-refractivity contribution in [3.63, 3.8) is 0 Å². The molecule has 0 bridgehead atoms. The Morgan fingerprint density at radius 1 is 1.06 bits per heavy atom. The second kappa shape index (κ2) is 10.9. The van der Waals surface area contributed by atoms with Gasteiger partial charge in [0.2, 0.25) is 5.91 Å². The first kappa shape index (κ1) is 24.8. The zero-order valence-electron chi connectivity index (χ0n) is 19.2. The summed E-state index contributed by atoms with van der Waals surface area (Å²) >= 11 is 4.26. The molecule has 1 aliphatic heterocycles. The Morgan fingerprint density at radius 2 is 1.83 bits per heavy atom. The number of nitrogens with zero attached hydrogens (tertiary/aromatic N) is 1. The van der Waals surface area contributed by atoms with E-state index in [0.717, 1.165) is 37.8 Å². The molecule has 1 heterocycles. The van der Waals surface area contributed by atoms with E-state index < -0.39 is 17.1 Å². The smallest absolute Gasteiger partial charge is 0.294 e. The Hall–Kier alpha value is -3.36. The minimum atomic E-state index is -0.509. The molecular formula is C27H23BrN2O4S. The molecule has 0 aliphatic carbocycles. The zero-order chi connectivity index (χ0) is 24.9. The predicted octanol–water partition coefficient (Wildman–Crippen LogP) is 6.32. The third kappa shape index (κ3) is 6.21. The molecular weight excluding hydrogens is 528 g/mol. The van der Waals surface area contributed by atoms with Crippen molar-refractivity contribution in [2.24, 2.45) is 0 Å². The van der Waals surface area contributed by atoms with Crippen LogP contribution in [0.5, 0.6) is 5.75 Å². The van der Waals surface area contributed by atoms with Gasteiger partial charge >= 0.3 is 0 Å². The fraction of sp³-hybridized carbons (Fsp3) is 0.148. The monoisotopic (exact) mass is 550 g/mol. The molecule has 0 saturated carbocycles. The van der Waals surface area contributed by atoms with Crippen molar-refractivity contribution in [1.29, 1.82) is 0 Å². The highest BCUT2D eigenvalue weighted by Gasteiger charge is 2.36. The number of carbonyl (C=O) groups is 3. The van der Waals surface area contributed by atoms with Crippen LogP contribution in [0.1, 0.15) is 22.3 Å². The highest BCUT2D eigenvalue weighted by Crippen LogP contribution is 2.35. The summed E-state index contributed by atoms with van der Waals surface area (Å²) in [6.45, 7) is 3.82. The first-order valence-electron chi connectivity index (χ1n) is 10.9. The molecule has 3 amide bonds. The SMILES string of the molecule is Cc1ccc(C)c(NC(=O)CN2C(=O)S/C(=C\c3cc(Br)ccc3OCc3ccccc3)C2=O)c1. The Balaban J connectivity index is 1.49. The summed E-state index contributed by atoms with van der Waals surface area (Å²) in [5.41, 5.74) is 4.22. The van der Waals surface area contributed by atoms with Crippen LogP contribution in [0.15, 0.2) is 76.1 Å². The van der Waals surface area contributed by atoms with Crippen LogP contribution in [-0.2, 0) is 16.2 Å². The van der Waals surface area contributed by atoms with Crippen LogP contribution in [0.3, 0.4) is 0 Å². The summed E-state index contributed by atoms with van der Waals surface area (Å²) in [6, 6.07) is 20.9. The lowest BCUT2D eigenvalue weighted by Crippen LogP contribution is -2.36. The van der Waals surface area contributed by atoms with Crippen molar-refractivity contribution in [3.8, 4) is 5.75 Å². The highest BCUT2D eigenvalue weighted by molar-refractivity contribution is 9.10. The lowest BCUT2D eigenvalue weighted by atomic mass is 10.1. The molecule has 0 atom stereocenters. The van der Waals surface area contributed by atoms with E-state index in [1.807, 2.05) is 74.5 Å². The maximum atomic E-state index is 13.0. The Kier molecular flexibility index (Phi) is 7.73. The van der Waals surface area contributed by atoms with E-state index in [0.29, 0.717) is 23.6 Å². The van der Waals surface area contributed by atoms with E-state index in [1.54, 1.807) is 12.1 Å². The molecule has 178 valence electrons. The van der Waals surface area contributed by atoms with Gasteiger partial charge in [0.25, 0.3) is 11.1 Å². The number of rotatable bonds is 7. The molecule has 3 aromatic carbocycles. The number of thioether (sulfide) groups is 1. The van der Waals surface area contributed by atoms with Gasteiger partial charge in [-0.3, -0.25) is 19.3 Å². The molecule has 0 spiro atoms. The van der Waals surface area contributed by atoms with Crippen LogP contribution in [0.4, 0.5) is 10.5 Å². The van der Waals surface area contributed by atoms with Gasteiger partial charge in [-0.1, -0.05) is 58.4 Å². The topological polar surface area (TPSA) is 75.7 Å². The van der Waals surface area contributed by atoms with Crippen molar-refractivity contribution in [2.75, 3.05) is 11.9 Å². The van der Waals surface area contributed by atoms with Gasteiger partial charge in [0.1, 0.15) is 18.9 Å². The van der Waals surface area contributed by atoms with E-state index in [1.165, 1.54) is 0 Å². The van der Waals surface area contributed by atoms with Crippen molar-refractivity contribution < 1.29 is 19.1 Å². The van der Waals surface area contributed by atoms with Gasteiger partial charge in [-0.25, -0.2) is 0 Å². The number of halogens is 1. The normalized spacial score (nSPS) is 14.5. The summed E-state index contributed by atoms with van der Waals surface area (Å²) in [5.74, 6) is -0.363. The second-order valence-electron chi connectivity index (χ2n) is 8.09. The van der Waals surface area contributed by atoms with Crippen LogP contribution in [0.25, 0.3) is 6.08 Å². The van der Waals surface area contributed by atoms with Crippen LogP contribution < -0.4 is 10.1 Å². The average molecular weight is 551 g/mol. The molecule has 0 aromatic heterocycles. The molecule has 4 rings (SSSR count). The number of anilines is 1. The van der Waals surface area contributed by atoms with Crippen molar-refractivity contribution in [2.45, 2.75) is 20.5 Å². The van der Waals surface area contributed by atoms with Gasteiger partial charge in [0.15, 0.2) is 0 Å². The number of amides is 3. The fourth-order valence-electron chi connectivity index (χ4n) is 3.48. The molecule has 1 fully saturated rings. The molecule has 1 aliphatic rings. The number of hydrogen-bond donors (Lipinski definition) is 1. The fourth-order valence-corrected chi connectivity index (χ4v) is 4.69. The molecule has 0 unspecified atom stereocenters. The van der Waals surface area contributed by atoms with Crippen LogP contribution in [0.2, 0.25) is 0 Å². The van der Waals surface area contributed by atoms with E-state index in [2.05, 4.69) is 21.2 Å². The standard InChI is InChI=1S/C27H23BrN2O4S/c1-17-8-9-18(2)22(12-17)29-25(31)15-30-26(32)24(35-27(30)33)14-20-13-21(28)10-11-23(20)34-16-19-6-4-3-5-7-19/h3-14H,15-16H2,1-2H3,(H,29,31)/b24-14-. The number of carbonyl (C=O) groups excluding carboxylic acids is 3. The summed E-state index contributed by atoms with van der Waals surface area (Å²) in [5, 5.41) is 2.31. The lowest BCUT2D eigenvalue weighted by molar-refractivity contribution is -0.127. The molecule has 35 heavy (non-hydrogen) atoms. The van der Waals surface area contributed by atoms with Gasteiger partial charge in [-0.15, -0.1) is 0 Å². The Morgan fingerprint density at radius 3 is 2.60 bits per heavy atom. The maximum absolute atomic E-state index is 13.0. The third-order valence-corrected chi connectivity index (χ3v) is 6.74. The number of nitrogens with one attached hydrogen (secondary N) is 1. The zero-order valence-corrected chi connectivity index (χ0v) is 21.6. The van der Waals surface area contributed by atoms with Gasteiger partial charge in [0.05, 0.1) is 4.91 Å². The lowest BCUT2D eigenvalue weighted by Gasteiger charge is -2.14. The van der Waals surface area contributed by atoms with Crippen molar-refractivity contribution in [3.05, 3.63) is 98.4 Å². The van der Waals surface area contributed by atoms with Gasteiger partial charge in [-0.05, 0) is 72.6 Å².